The van der Waals surface area contributed by atoms with Gasteiger partial charge in [0, 0.05) is 24.0 Å². The maximum absolute atomic E-state index is 11.9. The lowest BCUT2D eigenvalue weighted by Crippen LogP contribution is -2.11. The number of rotatable bonds is 7. The fourth-order valence-corrected chi connectivity index (χ4v) is 3.32. The molecule has 3 rings (SSSR count). The SMILES string of the molecule is CCOC(=O)OC(=O)C=Cc1ccc(CC)n1Cc1ccccc1-c1ccccc1. The average Bonchev–Trinajstić information content (AvgIpc) is 3.15. The van der Waals surface area contributed by atoms with Crippen LogP contribution in [0.15, 0.2) is 72.8 Å². The Hall–Kier alpha value is -3.60. The van der Waals surface area contributed by atoms with Crippen molar-refractivity contribution < 1.29 is 19.1 Å². The highest BCUT2D eigenvalue weighted by molar-refractivity contribution is 5.93. The van der Waals surface area contributed by atoms with Crippen LogP contribution >= 0.6 is 0 Å². The molecular formula is C25H25NO4. The smallest absolute Gasteiger partial charge is 0.434 e. The molecule has 2 aromatic carbocycles. The molecule has 30 heavy (non-hydrogen) atoms. The van der Waals surface area contributed by atoms with Crippen LogP contribution in [-0.4, -0.2) is 23.3 Å². The predicted octanol–water partition coefficient (Wildman–Crippen LogP) is 5.48. The minimum absolute atomic E-state index is 0.152. The number of aryl methyl sites for hydroxylation is 1. The second kappa shape index (κ2) is 10.3. The number of ether oxygens (including phenoxy) is 2. The van der Waals surface area contributed by atoms with Crippen LogP contribution in [-0.2, 0) is 27.2 Å². The number of carbonyl (C=O) groups excluding carboxylic acids is 2. The summed E-state index contributed by atoms with van der Waals surface area (Å²) in [5, 5.41) is 0. The lowest BCUT2D eigenvalue weighted by atomic mass is 9.99. The van der Waals surface area contributed by atoms with Crippen LogP contribution in [0, 0.1) is 0 Å². The van der Waals surface area contributed by atoms with Gasteiger partial charge in [0.1, 0.15) is 0 Å². The van der Waals surface area contributed by atoms with Gasteiger partial charge in [0.2, 0.25) is 0 Å². The maximum Gasteiger partial charge on any atom is 0.516 e. The Kier molecular flexibility index (Phi) is 7.22. The number of benzene rings is 2. The highest BCUT2D eigenvalue weighted by Gasteiger charge is 2.11. The Balaban J connectivity index is 1.86. The standard InChI is InChI=1S/C25H25NO4/c1-3-21-14-15-22(16-17-24(27)30-25(28)29-4-2)26(21)18-20-12-8-9-13-23(20)19-10-6-5-7-11-19/h5-17H,3-4,18H2,1-2H3. The third-order valence-corrected chi connectivity index (χ3v) is 4.73. The molecule has 1 heterocycles. The summed E-state index contributed by atoms with van der Waals surface area (Å²) in [5.41, 5.74) is 5.52. The minimum atomic E-state index is -0.992. The molecule has 0 aliphatic heterocycles. The monoisotopic (exact) mass is 403 g/mol. The van der Waals surface area contributed by atoms with E-state index in [0.717, 1.165) is 23.4 Å². The first-order chi connectivity index (χ1) is 14.6. The van der Waals surface area contributed by atoms with E-state index in [9.17, 15) is 9.59 Å². The van der Waals surface area contributed by atoms with E-state index in [-0.39, 0.29) is 6.61 Å². The van der Waals surface area contributed by atoms with E-state index in [1.807, 2.05) is 42.5 Å². The molecule has 5 nitrogen and oxygen atoms in total. The number of aromatic nitrogens is 1. The zero-order valence-corrected chi connectivity index (χ0v) is 17.2. The number of hydrogen-bond acceptors (Lipinski definition) is 4. The van der Waals surface area contributed by atoms with E-state index in [0.29, 0.717) is 6.54 Å². The molecule has 0 N–H and O–H groups in total. The molecule has 0 spiro atoms. The molecule has 0 unspecified atom stereocenters. The van der Waals surface area contributed by atoms with Crippen molar-refractivity contribution in [3.05, 3.63) is 89.8 Å². The van der Waals surface area contributed by atoms with Gasteiger partial charge in [-0.15, -0.1) is 0 Å². The van der Waals surface area contributed by atoms with E-state index >= 15 is 0 Å². The van der Waals surface area contributed by atoms with Gasteiger partial charge in [-0.1, -0.05) is 61.5 Å². The molecule has 0 saturated heterocycles. The largest absolute Gasteiger partial charge is 0.516 e. The van der Waals surface area contributed by atoms with Gasteiger partial charge in [-0.05, 0) is 48.2 Å². The van der Waals surface area contributed by atoms with E-state index in [1.165, 1.54) is 17.2 Å². The molecule has 3 aromatic rings. The zero-order chi connectivity index (χ0) is 21.3. The first-order valence-corrected chi connectivity index (χ1v) is 10.0. The minimum Gasteiger partial charge on any atom is -0.434 e. The molecule has 0 aliphatic rings. The predicted molar refractivity (Wildman–Crippen MR) is 117 cm³/mol. The van der Waals surface area contributed by atoms with E-state index in [4.69, 9.17) is 0 Å². The maximum atomic E-state index is 11.9. The van der Waals surface area contributed by atoms with Crippen LogP contribution in [0.4, 0.5) is 4.79 Å². The molecule has 0 fully saturated rings. The number of esters is 1. The Morgan fingerprint density at radius 3 is 2.40 bits per heavy atom. The highest BCUT2D eigenvalue weighted by Crippen LogP contribution is 2.25. The van der Waals surface area contributed by atoms with Gasteiger partial charge in [-0.2, -0.15) is 0 Å². The summed E-state index contributed by atoms with van der Waals surface area (Å²) in [6.07, 6.45) is 2.76. The summed E-state index contributed by atoms with van der Waals surface area (Å²) in [5.74, 6) is -0.760. The van der Waals surface area contributed by atoms with Gasteiger partial charge >= 0.3 is 12.1 Å². The van der Waals surface area contributed by atoms with Crippen LogP contribution < -0.4 is 0 Å². The third-order valence-electron chi connectivity index (χ3n) is 4.73. The number of nitrogens with zero attached hydrogens (tertiary/aromatic N) is 1. The van der Waals surface area contributed by atoms with Gasteiger partial charge in [0.25, 0.3) is 0 Å². The highest BCUT2D eigenvalue weighted by atomic mass is 16.7. The molecule has 1 aromatic heterocycles. The summed E-state index contributed by atoms with van der Waals surface area (Å²) in [4.78, 5) is 23.2. The Bertz CT molecular complexity index is 1030. The third kappa shape index (κ3) is 5.26. The lowest BCUT2D eigenvalue weighted by molar-refractivity contribution is -0.134. The molecular weight excluding hydrogens is 378 g/mol. The van der Waals surface area contributed by atoms with E-state index in [2.05, 4.69) is 45.2 Å². The number of hydrogen-bond donors (Lipinski definition) is 0. The fraction of sp³-hybridized carbons (Fsp3) is 0.200. The Morgan fingerprint density at radius 1 is 0.933 bits per heavy atom. The summed E-state index contributed by atoms with van der Waals surface area (Å²) in [7, 11) is 0. The average molecular weight is 403 g/mol. The van der Waals surface area contributed by atoms with Crippen LogP contribution in [0.2, 0.25) is 0 Å². The van der Waals surface area contributed by atoms with Crippen molar-refractivity contribution in [3.63, 3.8) is 0 Å². The molecule has 154 valence electrons. The van der Waals surface area contributed by atoms with Gasteiger partial charge in [-0.3, -0.25) is 0 Å². The van der Waals surface area contributed by atoms with Crippen molar-refractivity contribution in [2.45, 2.75) is 26.8 Å². The molecule has 0 radical (unpaired) electrons. The molecule has 0 atom stereocenters. The lowest BCUT2D eigenvalue weighted by Gasteiger charge is -2.15. The van der Waals surface area contributed by atoms with E-state index in [1.54, 1.807) is 13.0 Å². The van der Waals surface area contributed by atoms with Crippen molar-refractivity contribution in [1.82, 2.24) is 4.57 Å². The summed E-state index contributed by atoms with van der Waals surface area (Å²) in [6.45, 7) is 4.55. The first-order valence-electron chi connectivity index (χ1n) is 10.0. The molecule has 0 aliphatic carbocycles. The Morgan fingerprint density at radius 2 is 1.67 bits per heavy atom. The summed E-state index contributed by atoms with van der Waals surface area (Å²) < 4.78 is 11.4. The normalized spacial score (nSPS) is 10.9. The molecule has 5 heteroatoms. The number of carbonyl (C=O) groups is 2. The van der Waals surface area contributed by atoms with Crippen molar-refractivity contribution in [3.8, 4) is 11.1 Å². The van der Waals surface area contributed by atoms with Crippen LogP contribution in [0.1, 0.15) is 30.8 Å². The van der Waals surface area contributed by atoms with Gasteiger partial charge < -0.3 is 14.0 Å². The van der Waals surface area contributed by atoms with Crippen molar-refractivity contribution in [2.75, 3.05) is 6.61 Å². The molecule has 0 amide bonds. The zero-order valence-electron chi connectivity index (χ0n) is 17.2. The van der Waals surface area contributed by atoms with Crippen molar-refractivity contribution in [1.29, 1.82) is 0 Å². The van der Waals surface area contributed by atoms with Gasteiger partial charge in [-0.25, -0.2) is 9.59 Å². The fourth-order valence-electron chi connectivity index (χ4n) is 3.32. The van der Waals surface area contributed by atoms with Crippen molar-refractivity contribution >= 4 is 18.2 Å². The first kappa shape index (κ1) is 21.1. The summed E-state index contributed by atoms with van der Waals surface area (Å²) >= 11 is 0. The Labute approximate surface area is 176 Å². The molecule has 0 bridgehead atoms. The van der Waals surface area contributed by atoms with Crippen LogP contribution in [0.5, 0.6) is 0 Å². The topological polar surface area (TPSA) is 57.5 Å². The van der Waals surface area contributed by atoms with Gasteiger partial charge in [0.05, 0.1) is 6.61 Å². The van der Waals surface area contributed by atoms with Crippen LogP contribution in [0.3, 0.4) is 0 Å². The summed E-state index contributed by atoms with van der Waals surface area (Å²) in [6, 6.07) is 22.6. The molecule has 0 saturated carbocycles. The van der Waals surface area contributed by atoms with Gasteiger partial charge in [0.15, 0.2) is 0 Å². The quantitative estimate of drug-likeness (QED) is 0.298. The second-order valence-corrected chi connectivity index (χ2v) is 6.65. The van der Waals surface area contributed by atoms with E-state index < -0.39 is 12.1 Å². The van der Waals surface area contributed by atoms with Crippen molar-refractivity contribution in [2.24, 2.45) is 0 Å². The second-order valence-electron chi connectivity index (χ2n) is 6.65. The van der Waals surface area contributed by atoms with Crippen LogP contribution in [0.25, 0.3) is 17.2 Å².